The lowest BCUT2D eigenvalue weighted by molar-refractivity contribution is -0.220. The standard InChI is InChI=1S/C29H48O3/c1-18-9-12-27(4)21(15-18)7-8-22-23(27)11-13-28(5)24(22)16-25-26(28)20(3)29(30,32-25)14-10-19(2)17-31-6/h7,18-20,22-26,30H,8-17H2,1-6H3. The Labute approximate surface area is 196 Å². The molecule has 3 saturated carbocycles. The highest BCUT2D eigenvalue weighted by atomic mass is 16.6. The zero-order valence-electron chi connectivity index (χ0n) is 21.5. The molecule has 5 aliphatic rings. The Morgan fingerprint density at radius 2 is 1.97 bits per heavy atom. The predicted molar refractivity (Wildman–Crippen MR) is 129 cm³/mol. The van der Waals surface area contributed by atoms with Crippen molar-refractivity contribution in [3.05, 3.63) is 11.6 Å². The second-order valence-electron chi connectivity index (χ2n) is 13.3. The molecule has 4 aliphatic carbocycles. The van der Waals surface area contributed by atoms with Crippen LogP contribution in [0.4, 0.5) is 0 Å². The van der Waals surface area contributed by atoms with Crippen molar-refractivity contribution in [3.8, 4) is 0 Å². The summed E-state index contributed by atoms with van der Waals surface area (Å²) in [7, 11) is 1.76. The number of hydrogen-bond donors (Lipinski definition) is 1. The fourth-order valence-corrected chi connectivity index (χ4v) is 9.64. The highest BCUT2D eigenvalue weighted by molar-refractivity contribution is 5.25. The lowest BCUT2D eigenvalue weighted by atomic mass is 9.46. The lowest BCUT2D eigenvalue weighted by Gasteiger charge is -2.58. The van der Waals surface area contributed by atoms with Gasteiger partial charge < -0.3 is 14.6 Å². The quantitative estimate of drug-likeness (QED) is 0.486. The molecule has 0 spiro atoms. The normalized spacial score (nSPS) is 53.1. The van der Waals surface area contributed by atoms with Gasteiger partial charge in [-0.15, -0.1) is 0 Å². The van der Waals surface area contributed by atoms with Crippen LogP contribution in [0.2, 0.25) is 0 Å². The first-order valence-electron chi connectivity index (χ1n) is 13.7. The number of methoxy groups -OCH3 is 1. The number of rotatable bonds is 5. The molecule has 5 rings (SSSR count). The highest BCUT2D eigenvalue weighted by Gasteiger charge is 2.67. The fourth-order valence-electron chi connectivity index (χ4n) is 9.64. The summed E-state index contributed by atoms with van der Waals surface area (Å²) in [5.41, 5.74) is 2.56. The van der Waals surface area contributed by atoms with Crippen molar-refractivity contribution in [2.75, 3.05) is 13.7 Å². The molecule has 1 aliphatic heterocycles. The highest BCUT2D eigenvalue weighted by Crippen LogP contribution is 2.70. The second kappa shape index (κ2) is 8.09. The van der Waals surface area contributed by atoms with Crippen LogP contribution in [0, 0.1) is 52.3 Å². The third-order valence-corrected chi connectivity index (χ3v) is 11.5. The van der Waals surface area contributed by atoms with Gasteiger partial charge in [-0.05, 0) is 97.7 Å². The third kappa shape index (κ3) is 3.39. The van der Waals surface area contributed by atoms with E-state index in [-0.39, 0.29) is 12.0 Å². The molecule has 0 bridgehead atoms. The summed E-state index contributed by atoms with van der Waals surface area (Å²) < 4.78 is 11.9. The van der Waals surface area contributed by atoms with Gasteiger partial charge in [0.1, 0.15) is 0 Å². The average molecular weight is 445 g/mol. The van der Waals surface area contributed by atoms with Crippen molar-refractivity contribution in [1.29, 1.82) is 0 Å². The van der Waals surface area contributed by atoms with Crippen LogP contribution in [0.1, 0.15) is 92.4 Å². The van der Waals surface area contributed by atoms with E-state index in [0.717, 1.165) is 49.5 Å². The van der Waals surface area contributed by atoms with Crippen LogP contribution in [0.5, 0.6) is 0 Å². The van der Waals surface area contributed by atoms with Crippen molar-refractivity contribution in [2.24, 2.45) is 52.3 Å². The molecule has 1 N–H and O–H groups in total. The average Bonchev–Trinajstić information content (AvgIpc) is 3.17. The van der Waals surface area contributed by atoms with Crippen LogP contribution in [0.25, 0.3) is 0 Å². The molecule has 0 radical (unpaired) electrons. The maximum absolute atomic E-state index is 11.6. The van der Waals surface area contributed by atoms with E-state index in [4.69, 9.17) is 9.47 Å². The molecular weight excluding hydrogens is 396 g/mol. The number of hydrogen-bond acceptors (Lipinski definition) is 3. The molecule has 11 atom stereocenters. The maximum atomic E-state index is 11.6. The van der Waals surface area contributed by atoms with Gasteiger partial charge in [-0.25, -0.2) is 0 Å². The van der Waals surface area contributed by atoms with Gasteiger partial charge in [0.15, 0.2) is 5.79 Å². The monoisotopic (exact) mass is 444 g/mol. The second-order valence-corrected chi connectivity index (χ2v) is 13.3. The Balaban J connectivity index is 1.34. The SMILES string of the molecule is COCC(C)CCC1(O)OC2CC3C4CC=C5CC(C)CCC5(C)C4CCC3(C)C2C1C. The predicted octanol–water partition coefficient (Wildman–Crippen LogP) is 6.60. The van der Waals surface area contributed by atoms with Crippen molar-refractivity contribution in [3.63, 3.8) is 0 Å². The lowest BCUT2D eigenvalue weighted by Crippen LogP contribution is -2.51. The van der Waals surface area contributed by atoms with Crippen molar-refractivity contribution in [2.45, 2.75) is 104 Å². The largest absolute Gasteiger partial charge is 0.384 e. The Kier molecular flexibility index (Phi) is 5.91. The topological polar surface area (TPSA) is 38.7 Å². The molecule has 0 amide bonds. The Hall–Kier alpha value is -0.380. The molecule has 0 aromatic heterocycles. The number of aliphatic hydroxyl groups is 1. The first-order chi connectivity index (χ1) is 15.1. The first-order valence-corrected chi connectivity index (χ1v) is 13.7. The smallest absolute Gasteiger partial charge is 0.168 e. The van der Waals surface area contributed by atoms with Gasteiger partial charge in [0.2, 0.25) is 0 Å². The van der Waals surface area contributed by atoms with Crippen LogP contribution in [-0.4, -0.2) is 30.7 Å². The van der Waals surface area contributed by atoms with Gasteiger partial charge in [-0.1, -0.05) is 46.3 Å². The van der Waals surface area contributed by atoms with Crippen LogP contribution < -0.4 is 0 Å². The van der Waals surface area contributed by atoms with Crippen LogP contribution in [0.15, 0.2) is 11.6 Å². The molecule has 11 unspecified atom stereocenters. The Bertz CT molecular complexity index is 747. The van der Waals surface area contributed by atoms with E-state index >= 15 is 0 Å². The molecule has 3 heteroatoms. The molecule has 1 heterocycles. The van der Waals surface area contributed by atoms with E-state index in [0.29, 0.717) is 22.7 Å². The molecule has 4 fully saturated rings. The zero-order valence-corrected chi connectivity index (χ0v) is 21.5. The Morgan fingerprint density at radius 1 is 1.19 bits per heavy atom. The molecular formula is C29H48O3. The molecule has 32 heavy (non-hydrogen) atoms. The summed E-state index contributed by atoms with van der Waals surface area (Å²) in [6.07, 6.45) is 13.9. The number of allylic oxidation sites excluding steroid dienone is 2. The summed E-state index contributed by atoms with van der Waals surface area (Å²) in [5.74, 6) is 3.52. The summed E-state index contributed by atoms with van der Waals surface area (Å²) >= 11 is 0. The summed E-state index contributed by atoms with van der Waals surface area (Å²) in [6, 6.07) is 0. The summed E-state index contributed by atoms with van der Waals surface area (Å²) in [4.78, 5) is 0. The zero-order chi connectivity index (χ0) is 22.9. The van der Waals surface area contributed by atoms with Crippen molar-refractivity contribution >= 4 is 0 Å². The van der Waals surface area contributed by atoms with Gasteiger partial charge in [-0.3, -0.25) is 0 Å². The molecule has 1 saturated heterocycles. The molecule has 3 nitrogen and oxygen atoms in total. The molecule has 0 aromatic rings. The maximum Gasteiger partial charge on any atom is 0.168 e. The first kappa shape index (κ1) is 23.4. The van der Waals surface area contributed by atoms with E-state index in [1.54, 1.807) is 12.7 Å². The van der Waals surface area contributed by atoms with E-state index < -0.39 is 5.79 Å². The minimum Gasteiger partial charge on any atom is -0.384 e. The molecule has 182 valence electrons. The Morgan fingerprint density at radius 3 is 2.72 bits per heavy atom. The summed E-state index contributed by atoms with van der Waals surface area (Å²) in [6.45, 7) is 12.9. The van der Waals surface area contributed by atoms with Gasteiger partial charge in [0.05, 0.1) is 6.10 Å². The van der Waals surface area contributed by atoms with E-state index in [1.165, 1.54) is 38.5 Å². The van der Waals surface area contributed by atoms with Crippen molar-refractivity contribution in [1.82, 2.24) is 0 Å². The minimum absolute atomic E-state index is 0.217. The van der Waals surface area contributed by atoms with Crippen LogP contribution in [-0.2, 0) is 9.47 Å². The molecule has 0 aromatic carbocycles. The van der Waals surface area contributed by atoms with Crippen LogP contribution >= 0.6 is 0 Å². The summed E-state index contributed by atoms with van der Waals surface area (Å²) in [5, 5.41) is 11.6. The van der Waals surface area contributed by atoms with E-state index in [9.17, 15) is 5.11 Å². The van der Waals surface area contributed by atoms with Gasteiger partial charge >= 0.3 is 0 Å². The van der Waals surface area contributed by atoms with Crippen molar-refractivity contribution < 1.29 is 14.6 Å². The fraction of sp³-hybridized carbons (Fsp3) is 0.931. The number of fused-ring (bicyclic) bond motifs is 7. The van der Waals surface area contributed by atoms with Gasteiger partial charge in [0.25, 0.3) is 0 Å². The van der Waals surface area contributed by atoms with Gasteiger partial charge in [-0.2, -0.15) is 0 Å². The van der Waals surface area contributed by atoms with E-state index in [2.05, 4.69) is 40.7 Å². The third-order valence-electron chi connectivity index (χ3n) is 11.5. The minimum atomic E-state index is -0.951. The van der Waals surface area contributed by atoms with Crippen LogP contribution in [0.3, 0.4) is 0 Å². The number of ether oxygens (including phenoxy) is 2. The van der Waals surface area contributed by atoms with E-state index in [1.807, 2.05) is 0 Å². The van der Waals surface area contributed by atoms with Gasteiger partial charge in [0, 0.05) is 26.1 Å².